The van der Waals surface area contributed by atoms with Crippen molar-refractivity contribution in [1.82, 2.24) is 4.90 Å². The van der Waals surface area contributed by atoms with E-state index in [1.165, 1.54) is 32.2 Å². The quantitative estimate of drug-likeness (QED) is 0.673. The predicted octanol–water partition coefficient (Wildman–Crippen LogP) is 2.46. The third-order valence-electron chi connectivity index (χ3n) is 2.29. The van der Waals surface area contributed by atoms with E-state index in [1.54, 1.807) is 0 Å². The Morgan fingerprint density at radius 1 is 1.50 bits per heavy atom. The Kier molecular flexibility index (Phi) is 5.36. The van der Waals surface area contributed by atoms with Gasteiger partial charge in [-0.2, -0.15) is 0 Å². The minimum atomic E-state index is 0. The van der Waals surface area contributed by atoms with Crippen molar-refractivity contribution < 1.29 is 0 Å². The molecular formula is C8H18BrN. The van der Waals surface area contributed by atoms with Crippen molar-refractivity contribution >= 4 is 17.0 Å². The number of rotatable bonds is 2. The highest BCUT2D eigenvalue weighted by Crippen LogP contribution is 2.18. The van der Waals surface area contributed by atoms with Crippen molar-refractivity contribution in [3.8, 4) is 0 Å². The minimum Gasteiger partial charge on any atom is -0.303 e. The average molecular weight is 208 g/mol. The van der Waals surface area contributed by atoms with Crippen molar-refractivity contribution in [2.45, 2.75) is 38.6 Å². The van der Waals surface area contributed by atoms with Gasteiger partial charge in [-0.25, -0.2) is 0 Å². The normalized spacial score (nSPS) is 26.4. The van der Waals surface area contributed by atoms with Gasteiger partial charge >= 0.3 is 0 Å². The molecule has 1 atom stereocenters. The van der Waals surface area contributed by atoms with E-state index < -0.39 is 0 Å². The highest BCUT2D eigenvalue weighted by atomic mass is 79.9. The molecule has 0 radical (unpaired) electrons. The van der Waals surface area contributed by atoms with E-state index in [0.29, 0.717) is 0 Å². The molecule has 0 bridgehead atoms. The second kappa shape index (κ2) is 5.14. The fourth-order valence-electron chi connectivity index (χ4n) is 1.68. The Balaban J connectivity index is 0.000000810. The summed E-state index contributed by atoms with van der Waals surface area (Å²) in [5, 5.41) is 0. The van der Waals surface area contributed by atoms with Gasteiger partial charge in [-0.1, -0.05) is 13.3 Å². The predicted molar refractivity (Wildman–Crippen MR) is 50.9 cm³/mol. The van der Waals surface area contributed by atoms with Gasteiger partial charge in [0.05, 0.1) is 0 Å². The molecule has 10 heavy (non-hydrogen) atoms. The lowest BCUT2D eigenvalue weighted by atomic mass is 10.1. The first-order valence-corrected chi connectivity index (χ1v) is 4.05. The van der Waals surface area contributed by atoms with Crippen molar-refractivity contribution in [1.29, 1.82) is 0 Å². The SMILES string of the molecule is Br.CCCC1CCCN1C. The number of hydrogen-bond acceptors (Lipinski definition) is 1. The molecule has 0 aromatic rings. The third kappa shape index (κ3) is 2.59. The monoisotopic (exact) mass is 207 g/mol. The van der Waals surface area contributed by atoms with E-state index >= 15 is 0 Å². The first-order chi connectivity index (χ1) is 4.34. The van der Waals surface area contributed by atoms with Gasteiger partial charge in [0.2, 0.25) is 0 Å². The topological polar surface area (TPSA) is 3.24 Å². The molecule has 0 saturated carbocycles. The van der Waals surface area contributed by atoms with Gasteiger partial charge in [0.15, 0.2) is 0 Å². The molecule has 1 rings (SSSR count). The zero-order chi connectivity index (χ0) is 6.69. The van der Waals surface area contributed by atoms with Crippen LogP contribution in [0.1, 0.15) is 32.6 Å². The molecule has 62 valence electrons. The first-order valence-electron chi connectivity index (χ1n) is 4.05. The molecule has 1 fully saturated rings. The summed E-state index contributed by atoms with van der Waals surface area (Å²) >= 11 is 0. The summed E-state index contributed by atoms with van der Waals surface area (Å²) in [5.74, 6) is 0. The van der Waals surface area contributed by atoms with E-state index in [-0.39, 0.29) is 17.0 Å². The van der Waals surface area contributed by atoms with E-state index in [9.17, 15) is 0 Å². The Bertz CT molecular complexity index is 85.3. The van der Waals surface area contributed by atoms with Crippen LogP contribution in [-0.2, 0) is 0 Å². The smallest absolute Gasteiger partial charge is 0.00925 e. The summed E-state index contributed by atoms with van der Waals surface area (Å²) in [6.45, 7) is 3.59. The van der Waals surface area contributed by atoms with Crippen LogP contribution in [-0.4, -0.2) is 24.5 Å². The first kappa shape index (κ1) is 10.4. The second-order valence-corrected chi connectivity index (χ2v) is 3.07. The van der Waals surface area contributed by atoms with Gasteiger partial charge in [0.1, 0.15) is 0 Å². The van der Waals surface area contributed by atoms with Gasteiger partial charge in [0.25, 0.3) is 0 Å². The Labute approximate surface area is 74.6 Å². The highest BCUT2D eigenvalue weighted by molar-refractivity contribution is 8.93. The lowest BCUT2D eigenvalue weighted by molar-refractivity contribution is 0.295. The van der Waals surface area contributed by atoms with Gasteiger partial charge in [-0.15, -0.1) is 17.0 Å². The van der Waals surface area contributed by atoms with Crippen LogP contribution in [0, 0.1) is 0 Å². The van der Waals surface area contributed by atoms with Crippen LogP contribution in [0.4, 0.5) is 0 Å². The highest BCUT2D eigenvalue weighted by Gasteiger charge is 2.18. The lowest BCUT2D eigenvalue weighted by Gasteiger charge is -2.17. The van der Waals surface area contributed by atoms with Gasteiger partial charge in [-0.05, 0) is 32.9 Å². The third-order valence-corrected chi connectivity index (χ3v) is 2.29. The van der Waals surface area contributed by atoms with Crippen LogP contribution in [0.3, 0.4) is 0 Å². The van der Waals surface area contributed by atoms with Crippen LogP contribution in [0.5, 0.6) is 0 Å². The maximum atomic E-state index is 2.49. The summed E-state index contributed by atoms with van der Waals surface area (Å²) in [6, 6.07) is 0.912. The lowest BCUT2D eigenvalue weighted by Crippen LogP contribution is -2.24. The van der Waals surface area contributed by atoms with E-state index in [1.807, 2.05) is 0 Å². The Hall–Kier alpha value is 0.440. The Morgan fingerprint density at radius 2 is 2.20 bits per heavy atom. The zero-order valence-corrected chi connectivity index (χ0v) is 8.68. The molecule has 0 aromatic carbocycles. The summed E-state index contributed by atoms with van der Waals surface area (Å²) in [6.07, 6.45) is 5.59. The van der Waals surface area contributed by atoms with Crippen LogP contribution >= 0.6 is 17.0 Å². The average Bonchev–Trinajstić information content (AvgIpc) is 2.18. The Morgan fingerprint density at radius 3 is 2.60 bits per heavy atom. The van der Waals surface area contributed by atoms with Gasteiger partial charge < -0.3 is 4.90 Å². The number of hydrogen-bond donors (Lipinski definition) is 0. The fraction of sp³-hybridized carbons (Fsp3) is 1.00. The second-order valence-electron chi connectivity index (χ2n) is 3.07. The fourth-order valence-corrected chi connectivity index (χ4v) is 1.68. The summed E-state index contributed by atoms with van der Waals surface area (Å²) < 4.78 is 0. The van der Waals surface area contributed by atoms with Crippen LogP contribution in [0.15, 0.2) is 0 Å². The molecular weight excluding hydrogens is 190 g/mol. The van der Waals surface area contributed by atoms with Gasteiger partial charge in [0, 0.05) is 6.04 Å². The molecule has 0 amide bonds. The molecule has 1 nitrogen and oxygen atoms in total. The maximum Gasteiger partial charge on any atom is 0.00925 e. The molecule has 2 heteroatoms. The molecule has 1 heterocycles. The standard InChI is InChI=1S/C8H17N.BrH/c1-3-5-8-6-4-7-9(8)2;/h8H,3-7H2,1-2H3;1H. The molecule has 1 aliphatic rings. The van der Waals surface area contributed by atoms with E-state index in [4.69, 9.17) is 0 Å². The molecule has 1 saturated heterocycles. The number of likely N-dealkylation sites (tertiary alicyclic amines) is 1. The van der Waals surface area contributed by atoms with Crippen molar-refractivity contribution in [3.63, 3.8) is 0 Å². The van der Waals surface area contributed by atoms with Crippen LogP contribution in [0.2, 0.25) is 0 Å². The largest absolute Gasteiger partial charge is 0.303 e. The molecule has 1 aliphatic heterocycles. The summed E-state index contributed by atoms with van der Waals surface area (Å²) in [4.78, 5) is 2.49. The number of halogens is 1. The van der Waals surface area contributed by atoms with Crippen molar-refractivity contribution in [3.05, 3.63) is 0 Å². The maximum absolute atomic E-state index is 2.49. The minimum absolute atomic E-state index is 0. The molecule has 0 aliphatic carbocycles. The zero-order valence-electron chi connectivity index (χ0n) is 6.97. The van der Waals surface area contributed by atoms with Crippen molar-refractivity contribution in [2.24, 2.45) is 0 Å². The molecule has 0 aromatic heterocycles. The molecule has 0 N–H and O–H groups in total. The molecule has 1 unspecified atom stereocenters. The number of nitrogens with zero attached hydrogens (tertiary/aromatic N) is 1. The van der Waals surface area contributed by atoms with Crippen molar-refractivity contribution in [2.75, 3.05) is 13.6 Å². The van der Waals surface area contributed by atoms with Gasteiger partial charge in [-0.3, -0.25) is 0 Å². The summed E-state index contributed by atoms with van der Waals surface area (Å²) in [7, 11) is 2.24. The van der Waals surface area contributed by atoms with Crippen LogP contribution < -0.4 is 0 Å². The van der Waals surface area contributed by atoms with E-state index in [0.717, 1.165) is 6.04 Å². The summed E-state index contributed by atoms with van der Waals surface area (Å²) in [5.41, 5.74) is 0. The molecule has 0 spiro atoms. The van der Waals surface area contributed by atoms with E-state index in [2.05, 4.69) is 18.9 Å². The van der Waals surface area contributed by atoms with Crippen LogP contribution in [0.25, 0.3) is 0 Å².